The van der Waals surface area contributed by atoms with Crippen LogP contribution in [0, 0.1) is 0 Å². The van der Waals surface area contributed by atoms with Gasteiger partial charge in [-0.15, -0.1) is 0 Å². The molecule has 168 valence electrons. The van der Waals surface area contributed by atoms with Crippen LogP contribution in [-0.4, -0.2) is 64.3 Å². The van der Waals surface area contributed by atoms with Gasteiger partial charge in [-0.3, -0.25) is 14.9 Å². The molecule has 3 aromatic rings. The number of rotatable bonds is 5. The highest BCUT2D eigenvalue weighted by atomic mass is 16.2. The Bertz CT molecular complexity index is 1090. The van der Waals surface area contributed by atoms with Gasteiger partial charge in [-0.05, 0) is 63.3 Å². The molecule has 2 aromatic heterocycles. The van der Waals surface area contributed by atoms with E-state index in [0.29, 0.717) is 11.7 Å². The molecule has 0 radical (unpaired) electrons. The van der Waals surface area contributed by atoms with Crippen LogP contribution < -0.4 is 10.2 Å². The number of nitrogens with zero attached hydrogens (tertiary/aromatic N) is 4. The molecule has 2 aliphatic heterocycles. The second kappa shape index (κ2) is 8.90. The van der Waals surface area contributed by atoms with Crippen LogP contribution in [0.1, 0.15) is 50.0 Å². The second-order valence-corrected chi connectivity index (χ2v) is 9.34. The van der Waals surface area contributed by atoms with E-state index in [4.69, 9.17) is 0 Å². The van der Waals surface area contributed by atoms with E-state index in [1.165, 1.54) is 12.8 Å². The molecule has 0 atom stereocenters. The first-order chi connectivity index (χ1) is 15.6. The number of carbonyl (C=O) groups is 1. The Morgan fingerprint density at radius 3 is 2.59 bits per heavy atom. The minimum Gasteiger partial charge on any atom is -0.370 e. The quantitative estimate of drug-likeness (QED) is 0.641. The summed E-state index contributed by atoms with van der Waals surface area (Å²) in [7, 11) is 0. The third kappa shape index (κ3) is 4.21. The molecule has 2 N–H and O–H groups in total. The van der Waals surface area contributed by atoms with Gasteiger partial charge in [0.05, 0.1) is 17.4 Å². The largest absolute Gasteiger partial charge is 0.370 e. The fourth-order valence-corrected chi connectivity index (χ4v) is 4.91. The Morgan fingerprint density at radius 1 is 1.06 bits per heavy atom. The van der Waals surface area contributed by atoms with Crippen molar-refractivity contribution < 1.29 is 4.79 Å². The Kier molecular flexibility index (Phi) is 5.83. The maximum Gasteiger partial charge on any atom is 0.272 e. The van der Waals surface area contributed by atoms with Gasteiger partial charge in [-0.1, -0.05) is 6.07 Å². The second-order valence-electron chi connectivity index (χ2n) is 9.34. The van der Waals surface area contributed by atoms with Crippen molar-refractivity contribution in [1.29, 1.82) is 0 Å². The van der Waals surface area contributed by atoms with Crippen molar-refractivity contribution >= 4 is 22.5 Å². The van der Waals surface area contributed by atoms with Crippen LogP contribution in [-0.2, 0) is 0 Å². The molecular weight excluding hydrogens is 400 g/mol. The van der Waals surface area contributed by atoms with Gasteiger partial charge in [0.1, 0.15) is 0 Å². The normalized spacial score (nSPS) is 18.0. The molecule has 1 amide bonds. The van der Waals surface area contributed by atoms with Gasteiger partial charge in [-0.25, -0.2) is 0 Å². The molecule has 7 nitrogen and oxygen atoms in total. The lowest BCUT2D eigenvalue weighted by atomic mass is 10.0. The number of H-pyrrole nitrogens is 1. The summed E-state index contributed by atoms with van der Waals surface area (Å²) in [6, 6.07) is 9.07. The van der Waals surface area contributed by atoms with E-state index in [1.54, 1.807) is 0 Å². The number of pyridine rings is 1. The van der Waals surface area contributed by atoms with Crippen LogP contribution in [0.4, 0.5) is 5.69 Å². The lowest BCUT2D eigenvalue weighted by molar-refractivity contribution is 0.0897. The zero-order valence-corrected chi connectivity index (χ0v) is 19.0. The molecule has 0 unspecified atom stereocenters. The van der Waals surface area contributed by atoms with Crippen molar-refractivity contribution in [3.8, 4) is 11.1 Å². The average Bonchev–Trinajstić information content (AvgIpc) is 3.49. The number of hydrogen-bond acceptors (Lipinski definition) is 5. The molecule has 1 aromatic carbocycles. The van der Waals surface area contributed by atoms with Crippen LogP contribution in [0.5, 0.6) is 0 Å². The number of anilines is 1. The van der Waals surface area contributed by atoms with E-state index < -0.39 is 0 Å². The number of aromatic amines is 1. The number of aromatic nitrogens is 3. The van der Waals surface area contributed by atoms with Crippen molar-refractivity contribution in [2.24, 2.45) is 0 Å². The monoisotopic (exact) mass is 432 g/mol. The minimum atomic E-state index is -0.0969. The number of nitrogens with one attached hydrogen (secondary N) is 2. The molecule has 5 rings (SSSR count). The molecule has 0 bridgehead atoms. The van der Waals surface area contributed by atoms with Crippen LogP contribution >= 0.6 is 0 Å². The van der Waals surface area contributed by atoms with Gasteiger partial charge in [0.25, 0.3) is 5.91 Å². The topological polar surface area (TPSA) is 77.1 Å². The fraction of sp³-hybridized carbons (Fsp3) is 0.480. The van der Waals surface area contributed by atoms with E-state index in [-0.39, 0.29) is 11.9 Å². The van der Waals surface area contributed by atoms with E-state index >= 15 is 0 Å². The summed E-state index contributed by atoms with van der Waals surface area (Å²) in [5, 5.41) is 11.4. The summed E-state index contributed by atoms with van der Waals surface area (Å²) in [5.41, 5.74) is 4.61. The number of piperidine rings is 1. The standard InChI is InChI=1S/C25H32N6O/c1-17(2)30-11-7-20(8-12-30)27-25(32)24-22-14-18(5-6-23(22)28-29-24)19-13-21(16-26-15-19)31-9-3-4-10-31/h5-6,13-17,20H,3-4,7-12H2,1-2H3,(H,27,32)(H,28,29). The Labute approximate surface area is 189 Å². The number of amides is 1. The Hall–Kier alpha value is -2.93. The minimum absolute atomic E-state index is 0.0969. The number of carbonyl (C=O) groups excluding carboxylic acids is 1. The average molecular weight is 433 g/mol. The van der Waals surface area contributed by atoms with E-state index in [0.717, 1.165) is 66.7 Å². The molecule has 4 heterocycles. The van der Waals surface area contributed by atoms with Crippen LogP contribution in [0.25, 0.3) is 22.0 Å². The van der Waals surface area contributed by atoms with E-state index in [1.807, 2.05) is 18.5 Å². The van der Waals surface area contributed by atoms with Gasteiger partial charge < -0.3 is 15.1 Å². The number of fused-ring (bicyclic) bond motifs is 1. The van der Waals surface area contributed by atoms with Gasteiger partial charge in [0.2, 0.25) is 0 Å². The predicted molar refractivity (Wildman–Crippen MR) is 128 cm³/mol. The Morgan fingerprint density at radius 2 is 1.84 bits per heavy atom. The van der Waals surface area contributed by atoms with Crippen molar-refractivity contribution in [2.45, 2.75) is 51.6 Å². The molecular formula is C25H32N6O. The molecule has 0 aliphatic carbocycles. The lowest BCUT2D eigenvalue weighted by Crippen LogP contribution is -2.46. The zero-order valence-electron chi connectivity index (χ0n) is 19.0. The number of hydrogen-bond donors (Lipinski definition) is 2. The third-order valence-corrected chi connectivity index (χ3v) is 6.90. The van der Waals surface area contributed by atoms with Crippen molar-refractivity contribution in [3.05, 3.63) is 42.4 Å². The highest BCUT2D eigenvalue weighted by molar-refractivity contribution is 6.05. The maximum atomic E-state index is 13.1. The molecule has 32 heavy (non-hydrogen) atoms. The predicted octanol–water partition coefficient (Wildman–Crippen LogP) is 3.83. The first-order valence-corrected chi connectivity index (χ1v) is 11.8. The summed E-state index contributed by atoms with van der Waals surface area (Å²) >= 11 is 0. The highest BCUT2D eigenvalue weighted by Gasteiger charge is 2.24. The molecule has 2 aliphatic rings. The van der Waals surface area contributed by atoms with Crippen LogP contribution in [0.2, 0.25) is 0 Å². The first-order valence-electron chi connectivity index (χ1n) is 11.8. The Balaban J connectivity index is 1.35. The van der Waals surface area contributed by atoms with Crippen molar-refractivity contribution in [2.75, 3.05) is 31.1 Å². The lowest BCUT2D eigenvalue weighted by Gasteiger charge is -2.34. The molecule has 0 spiro atoms. The molecule has 2 fully saturated rings. The molecule has 2 saturated heterocycles. The third-order valence-electron chi connectivity index (χ3n) is 6.90. The zero-order chi connectivity index (χ0) is 22.1. The van der Waals surface area contributed by atoms with Crippen LogP contribution in [0.15, 0.2) is 36.7 Å². The molecule has 7 heteroatoms. The fourth-order valence-electron chi connectivity index (χ4n) is 4.91. The summed E-state index contributed by atoms with van der Waals surface area (Å²) in [6.07, 6.45) is 8.26. The summed E-state index contributed by atoms with van der Waals surface area (Å²) in [6.45, 7) is 8.67. The van der Waals surface area contributed by atoms with Gasteiger partial charge in [0, 0.05) is 55.4 Å². The summed E-state index contributed by atoms with van der Waals surface area (Å²) in [5.74, 6) is -0.0969. The van der Waals surface area contributed by atoms with Crippen molar-refractivity contribution in [3.63, 3.8) is 0 Å². The SMILES string of the molecule is CC(C)N1CCC(NC(=O)c2n[nH]c3ccc(-c4cncc(N5CCCC5)c4)cc23)CC1. The van der Waals surface area contributed by atoms with Gasteiger partial charge in [-0.2, -0.15) is 5.10 Å². The van der Waals surface area contributed by atoms with Crippen LogP contribution in [0.3, 0.4) is 0 Å². The molecule has 0 saturated carbocycles. The first kappa shape index (κ1) is 20.9. The maximum absolute atomic E-state index is 13.1. The van der Waals surface area contributed by atoms with E-state index in [2.05, 4.69) is 62.3 Å². The number of benzene rings is 1. The van der Waals surface area contributed by atoms with E-state index in [9.17, 15) is 4.79 Å². The van der Waals surface area contributed by atoms with Gasteiger partial charge >= 0.3 is 0 Å². The summed E-state index contributed by atoms with van der Waals surface area (Å²) in [4.78, 5) is 22.4. The summed E-state index contributed by atoms with van der Waals surface area (Å²) < 4.78 is 0. The number of likely N-dealkylation sites (tertiary alicyclic amines) is 1. The van der Waals surface area contributed by atoms with Gasteiger partial charge in [0.15, 0.2) is 5.69 Å². The smallest absolute Gasteiger partial charge is 0.272 e. The highest BCUT2D eigenvalue weighted by Crippen LogP contribution is 2.29. The van der Waals surface area contributed by atoms with Crippen molar-refractivity contribution in [1.82, 2.24) is 25.4 Å².